The third-order valence-electron chi connectivity index (χ3n) is 6.37. The molecular formula is C31H29BrCl2N4O7. The van der Waals surface area contributed by atoms with Gasteiger partial charge in [-0.05, 0) is 61.4 Å². The zero-order valence-electron chi connectivity index (χ0n) is 24.4. The molecule has 3 amide bonds. The number of allylic oxidation sites excluding steroid dienone is 1. The van der Waals surface area contributed by atoms with Crippen LogP contribution < -0.4 is 30.3 Å². The summed E-state index contributed by atoms with van der Waals surface area (Å²) in [6.07, 6.45) is 1.37. The number of amides is 3. The van der Waals surface area contributed by atoms with Crippen LogP contribution in [0.2, 0.25) is 10.0 Å². The van der Waals surface area contributed by atoms with Crippen LogP contribution in [0.5, 0.6) is 17.2 Å². The average molecular weight is 720 g/mol. The highest BCUT2D eigenvalue weighted by atomic mass is 79.9. The van der Waals surface area contributed by atoms with Crippen LogP contribution >= 0.6 is 39.1 Å². The maximum absolute atomic E-state index is 12.6. The van der Waals surface area contributed by atoms with E-state index in [0.717, 1.165) is 10.0 Å². The minimum atomic E-state index is -0.790. The van der Waals surface area contributed by atoms with Crippen molar-refractivity contribution < 1.29 is 33.3 Å². The maximum atomic E-state index is 12.6. The summed E-state index contributed by atoms with van der Waals surface area (Å²) >= 11 is 16.0. The number of urea groups is 1. The van der Waals surface area contributed by atoms with Crippen LogP contribution in [0.4, 0.5) is 4.79 Å². The number of carbonyl (C=O) groups is 3. The lowest BCUT2D eigenvalue weighted by atomic mass is 9.95. The molecule has 1 atom stereocenters. The van der Waals surface area contributed by atoms with E-state index in [4.69, 9.17) is 42.1 Å². The highest BCUT2D eigenvalue weighted by Crippen LogP contribution is 2.35. The molecule has 14 heteroatoms. The molecule has 1 aliphatic rings. The van der Waals surface area contributed by atoms with Crippen LogP contribution in [-0.4, -0.2) is 44.4 Å². The first-order valence-corrected chi connectivity index (χ1v) is 15.1. The number of hydrogen-bond acceptors (Lipinski definition) is 8. The molecule has 11 nitrogen and oxygen atoms in total. The molecule has 0 saturated carbocycles. The summed E-state index contributed by atoms with van der Waals surface area (Å²) in [4.78, 5) is 37.3. The summed E-state index contributed by atoms with van der Waals surface area (Å²) in [5.74, 6) is -0.240. The monoisotopic (exact) mass is 718 g/mol. The van der Waals surface area contributed by atoms with Gasteiger partial charge in [0.15, 0.2) is 18.1 Å². The van der Waals surface area contributed by atoms with E-state index < -0.39 is 30.6 Å². The number of carbonyl (C=O) groups excluding carboxylic acids is 3. The minimum absolute atomic E-state index is 0.174. The van der Waals surface area contributed by atoms with E-state index in [1.807, 2.05) is 24.3 Å². The number of halogens is 3. The van der Waals surface area contributed by atoms with Crippen LogP contribution in [0.25, 0.3) is 0 Å². The molecule has 0 fully saturated rings. The van der Waals surface area contributed by atoms with Crippen molar-refractivity contribution in [1.82, 2.24) is 16.1 Å². The number of methoxy groups -OCH3 is 1. The van der Waals surface area contributed by atoms with E-state index in [1.54, 1.807) is 44.2 Å². The topological polar surface area (TPSA) is 137 Å². The first kappa shape index (κ1) is 33.6. The van der Waals surface area contributed by atoms with Crippen molar-refractivity contribution in [2.75, 3.05) is 20.3 Å². The van der Waals surface area contributed by atoms with Crippen molar-refractivity contribution in [3.05, 3.63) is 97.1 Å². The van der Waals surface area contributed by atoms with E-state index in [0.29, 0.717) is 27.6 Å². The fraction of sp³-hybridized carbons (Fsp3) is 0.226. The number of esters is 1. The molecule has 4 rings (SSSR count). The van der Waals surface area contributed by atoms with Gasteiger partial charge in [0.05, 0.1) is 36.6 Å². The average Bonchev–Trinajstić information content (AvgIpc) is 3.00. The van der Waals surface area contributed by atoms with Crippen molar-refractivity contribution in [2.45, 2.75) is 26.5 Å². The lowest BCUT2D eigenvalue weighted by Gasteiger charge is -2.28. The number of nitrogens with zero attached hydrogens (tertiary/aromatic N) is 1. The first-order valence-electron chi connectivity index (χ1n) is 13.5. The zero-order valence-corrected chi connectivity index (χ0v) is 27.5. The van der Waals surface area contributed by atoms with Gasteiger partial charge in [-0.15, -0.1) is 0 Å². The molecule has 0 bridgehead atoms. The summed E-state index contributed by atoms with van der Waals surface area (Å²) in [6.45, 7) is 3.34. The van der Waals surface area contributed by atoms with Crippen molar-refractivity contribution in [3.63, 3.8) is 0 Å². The largest absolute Gasteiger partial charge is 0.493 e. The van der Waals surface area contributed by atoms with Crippen molar-refractivity contribution in [1.29, 1.82) is 0 Å². The zero-order chi connectivity index (χ0) is 32.5. The van der Waals surface area contributed by atoms with Crippen molar-refractivity contribution >= 4 is 63.3 Å². The van der Waals surface area contributed by atoms with Gasteiger partial charge in [0.2, 0.25) is 0 Å². The van der Waals surface area contributed by atoms with Gasteiger partial charge in [-0.2, -0.15) is 5.10 Å². The standard InChI is InChI=1S/C31H29BrCl2N4O7/c1-4-43-30(40)27-17(2)36-31(41)37-28(27)19-7-10-24(25(12-19)42-3)44-16-26(39)38-35-14-20-11-22(33)13-23(34)29(20)45-15-18-5-8-21(32)9-6-18/h5-14,28H,4,15-16H2,1-3H3,(H,38,39)(H2,36,37,41)/b35-14+/t28-/m0/s1. The predicted molar refractivity (Wildman–Crippen MR) is 173 cm³/mol. The van der Waals surface area contributed by atoms with Gasteiger partial charge in [-0.1, -0.05) is 57.3 Å². The Labute approximate surface area is 278 Å². The summed E-state index contributed by atoms with van der Waals surface area (Å²) in [5.41, 5.74) is 4.95. The summed E-state index contributed by atoms with van der Waals surface area (Å²) < 4.78 is 23.2. The Morgan fingerprint density at radius 2 is 1.82 bits per heavy atom. The van der Waals surface area contributed by atoms with E-state index in [-0.39, 0.29) is 35.3 Å². The lowest BCUT2D eigenvalue weighted by Crippen LogP contribution is -2.45. The maximum Gasteiger partial charge on any atom is 0.338 e. The molecule has 3 aromatic carbocycles. The smallest absolute Gasteiger partial charge is 0.338 e. The van der Waals surface area contributed by atoms with Gasteiger partial charge in [0.1, 0.15) is 12.4 Å². The van der Waals surface area contributed by atoms with E-state index in [2.05, 4.69) is 37.1 Å². The number of rotatable bonds is 12. The summed E-state index contributed by atoms with van der Waals surface area (Å²) in [7, 11) is 1.43. The third kappa shape index (κ3) is 8.90. The Morgan fingerprint density at radius 3 is 2.53 bits per heavy atom. The molecule has 0 aromatic heterocycles. The summed E-state index contributed by atoms with van der Waals surface area (Å²) in [6, 6.07) is 14.4. The van der Waals surface area contributed by atoms with Gasteiger partial charge in [0.25, 0.3) is 5.91 Å². The van der Waals surface area contributed by atoms with Gasteiger partial charge >= 0.3 is 12.0 Å². The normalized spacial score (nSPS) is 14.4. The predicted octanol–water partition coefficient (Wildman–Crippen LogP) is 6.06. The fourth-order valence-corrected chi connectivity index (χ4v) is 5.15. The molecule has 1 heterocycles. The second kappa shape index (κ2) is 15.6. The minimum Gasteiger partial charge on any atom is -0.493 e. The number of nitrogens with one attached hydrogen (secondary N) is 3. The second-order valence-corrected chi connectivity index (χ2v) is 11.3. The molecule has 0 saturated heterocycles. The number of benzene rings is 3. The lowest BCUT2D eigenvalue weighted by molar-refractivity contribution is -0.139. The van der Waals surface area contributed by atoms with Gasteiger partial charge in [-0.25, -0.2) is 15.0 Å². The van der Waals surface area contributed by atoms with Crippen LogP contribution in [-0.2, 0) is 20.9 Å². The van der Waals surface area contributed by atoms with Crippen LogP contribution in [0.1, 0.15) is 36.6 Å². The quantitative estimate of drug-likeness (QED) is 0.118. The second-order valence-electron chi connectivity index (χ2n) is 9.50. The number of hydrazone groups is 1. The van der Waals surface area contributed by atoms with Crippen LogP contribution in [0.15, 0.2) is 75.4 Å². The Balaban J connectivity index is 1.41. The van der Waals surface area contributed by atoms with Crippen LogP contribution in [0, 0.1) is 0 Å². The van der Waals surface area contributed by atoms with E-state index in [1.165, 1.54) is 13.3 Å². The first-order chi connectivity index (χ1) is 21.6. The number of ether oxygens (including phenoxy) is 4. The molecule has 1 aliphatic heterocycles. The highest BCUT2D eigenvalue weighted by Gasteiger charge is 2.32. The molecule has 0 aliphatic carbocycles. The molecule has 236 valence electrons. The highest BCUT2D eigenvalue weighted by molar-refractivity contribution is 9.10. The van der Waals surface area contributed by atoms with Crippen LogP contribution in [0.3, 0.4) is 0 Å². The van der Waals surface area contributed by atoms with Gasteiger partial charge in [0, 0.05) is 20.8 Å². The molecule has 0 spiro atoms. The fourth-order valence-electron chi connectivity index (χ4n) is 4.32. The Bertz CT molecular complexity index is 1650. The SMILES string of the molecule is CCOC(=O)C1=C(C)NC(=O)N[C@H]1c1ccc(OCC(=O)N/N=C/c2cc(Cl)cc(Cl)c2OCc2ccc(Br)cc2)c(OC)c1. The molecule has 3 N–H and O–H groups in total. The molecule has 0 radical (unpaired) electrons. The molecule has 3 aromatic rings. The third-order valence-corrected chi connectivity index (χ3v) is 7.40. The Morgan fingerprint density at radius 1 is 1.07 bits per heavy atom. The van der Waals surface area contributed by atoms with E-state index >= 15 is 0 Å². The van der Waals surface area contributed by atoms with Gasteiger partial charge in [-0.3, -0.25) is 4.79 Å². The molecule has 0 unspecified atom stereocenters. The Hall–Kier alpha value is -4.26. The van der Waals surface area contributed by atoms with Gasteiger partial charge < -0.3 is 29.6 Å². The molecular weight excluding hydrogens is 691 g/mol. The Kier molecular flexibility index (Phi) is 11.7. The van der Waals surface area contributed by atoms with E-state index in [9.17, 15) is 14.4 Å². The summed E-state index contributed by atoms with van der Waals surface area (Å²) in [5, 5.41) is 9.97. The molecule has 45 heavy (non-hydrogen) atoms. The van der Waals surface area contributed by atoms with Crippen molar-refractivity contribution in [2.24, 2.45) is 5.10 Å². The van der Waals surface area contributed by atoms with Crippen molar-refractivity contribution in [3.8, 4) is 17.2 Å². The number of hydrogen-bond donors (Lipinski definition) is 3.